The van der Waals surface area contributed by atoms with Crippen LogP contribution in [-0.4, -0.2) is 39.5 Å². The molecule has 4 rings (SSSR count). The number of benzene rings is 1. The minimum Gasteiger partial charge on any atom is -0.330 e. The van der Waals surface area contributed by atoms with Crippen LogP contribution in [0.5, 0.6) is 0 Å². The van der Waals surface area contributed by atoms with E-state index in [0.717, 1.165) is 36.3 Å². The summed E-state index contributed by atoms with van der Waals surface area (Å²) < 4.78 is 0. The van der Waals surface area contributed by atoms with Gasteiger partial charge in [0, 0.05) is 18.0 Å². The summed E-state index contributed by atoms with van der Waals surface area (Å²) in [6.07, 6.45) is 4.63. The topological polar surface area (TPSA) is 75.2 Å². The van der Waals surface area contributed by atoms with Gasteiger partial charge in [0.2, 0.25) is 16.9 Å². The average molecular weight is 370 g/mol. The van der Waals surface area contributed by atoms with Crippen LogP contribution in [0.2, 0.25) is 0 Å². The minimum atomic E-state index is -0.380. The van der Waals surface area contributed by atoms with Gasteiger partial charge in [-0.1, -0.05) is 47.6 Å². The van der Waals surface area contributed by atoms with Gasteiger partial charge in [-0.15, -0.1) is 10.2 Å². The number of anilines is 1. The van der Waals surface area contributed by atoms with Crippen molar-refractivity contribution in [3.8, 4) is 10.6 Å². The first kappa shape index (κ1) is 17.1. The predicted molar refractivity (Wildman–Crippen MR) is 101 cm³/mol. The standard InChI is InChI=1S/C19H22N4O2S/c1-12-7-9-13(10-8-12)17-21-22-19(26-17)20-16(24)15-6-3-11-23(15)18(25)14-4-2-5-14/h7-10,14-15H,2-6,11H2,1H3,(H,20,22,24). The Balaban J connectivity index is 1.43. The molecule has 6 nitrogen and oxygen atoms in total. The molecule has 1 aliphatic carbocycles. The Kier molecular flexibility index (Phi) is 4.72. The van der Waals surface area contributed by atoms with Crippen molar-refractivity contribution in [3.05, 3.63) is 29.8 Å². The van der Waals surface area contributed by atoms with Crippen LogP contribution in [0.3, 0.4) is 0 Å². The first-order valence-corrected chi connectivity index (χ1v) is 9.95. The first-order chi connectivity index (χ1) is 12.6. The zero-order valence-corrected chi connectivity index (χ0v) is 15.6. The van der Waals surface area contributed by atoms with Gasteiger partial charge >= 0.3 is 0 Å². The second-order valence-electron chi connectivity index (χ2n) is 7.09. The van der Waals surface area contributed by atoms with Crippen LogP contribution in [0.15, 0.2) is 24.3 Å². The van der Waals surface area contributed by atoms with E-state index in [2.05, 4.69) is 15.5 Å². The summed E-state index contributed by atoms with van der Waals surface area (Å²) in [4.78, 5) is 27.0. The van der Waals surface area contributed by atoms with Crippen molar-refractivity contribution in [3.63, 3.8) is 0 Å². The Morgan fingerprint density at radius 1 is 1.12 bits per heavy atom. The molecular formula is C19H22N4O2S. The Labute approximate surface area is 156 Å². The zero-order chi connectivity index (χ0) is 18.1. The van der Waals surface area contributed by atoms with Crippen molar-refractivity contribution in [1.29, 1.82) is 0 Å². The SMILES string of the molecule is Cc1ccc(-c2nnc(NC(=O)C3CCCN3C(=O)C3CCC3)s2)cc1. The predicted octanol–water partition coefficient (Wildman–Crippen LogP) is 3.24. The van der Waals surface area contributed by atoms with E-state index >= 15 is 0 Å². The maximum atomic E-state index is 12.7. The fourth-order valence-corrected chi connectivity index (χ4v) is 4.22. The lowest BCUT2D eigenvalue weighted by Gasteiger charge is -2.32. The summed E-state index contributed by atoms with van der Waals surface area (Å²) in [6, 6.07) is 7.67. The Bertz CT molecular complexity index is 813. The van der Waals surface area contributed by atoms with Gasteiger partial charge in [0.15, 0.2) is 0 Å². The molecule has 1 N–H and O–H groups in total. The maximum absolute atomic E-state index is 12.7. The monoisotopic (exact) mass is 370 g/mol. The van der Waals surface area contributed by atoms with Crippen LogP contribution < -0.4 is 5.32 Å². The van der Waals surface area contributed by atoms with Gasteiger partial charge in [-0.25, -0.2) is 0 Å². The van der Waals surface area contributed by atoms with E-state index in [1.165, 1.54) is 16.9 Å². The molecule has 1 atom stereocenters. The molecule has 1 saturated heterocycles. The number of carbonyl (C=O) groups is 2. The van der Waals surface area contributed by atoms with Gasteiger partial charge in [-0.2, -0.15) is 0 Å². The molecule has 0 bridgehead atoms. The van der Waals surface area contributed by atoms with Crippen LogP contribution in [0.25, 0.3) is 10.6 Å². The fraction of sp³-hybridized carbons (Fsp3) is 0.474. The van der Waals surface area contributed by atoms with Gasteiger partial charge < -0.3 is 4.90 Å². The number of hydrogen-bond donors (Lipinski definition) is 1. The summed E-state index contributed by atoms with van der Waals surface area (Å²) in [5.74, 6) is 0.117. The maximum Gasteiger partial charge on any atom is 0.249 e. The van der Waals surface area contributed by atoms with E-state index in [1.54, 1.807) is 4.90 Å². The molecule has 0 spiro atoms. The van der Waals surface area contributed by atoms with Crippen LogP contribution in [-0.2, 0) is 9.59 Å². The van der Waals surface area contributed by atoms with Gasteiger partial charge in [0.1, 0.15) is 11.0 Å². The summed E-state index contributed by atoms with van der Waals surface area (Å²) in [7, 11) is 0. The first-order valence-electron chi connectivity index (χ1n) is 9.14. The van der Waals surface area contributed by atoms with E-state index in [4.69, 9.17) is 0 Å². The van der Waals surface area contributed by atoms with Crippen molar-refractivity contribution in [2.75, 3.05) is 11.9 Å². The average Bonchev–Trinajstić information content (AvgIpc) is 3.23. The number of aromatic nitrogens is 2. The number of hydrogen-bond acceptors (Lipinski definition) is 5. The quantitative estimate of drug-likeness (QED) is 0.896. The molecule has 26 heavy (non-hydrogen) atoms. The molecule has 2 heterocycles. The van der Waals surface area contributed by atoms with E-state index in [1.807, 2.05) is 31.2 Å². The molecule has 0 radical (unpaired) electrons. The van der Waals surface area contributed by atoms with Crippen LogP contribution in [0.4, 0.5) is 5.13 Å². The number of amides is 2. The van der Waals surface area contributed by atoms with Crippen molar-refractivity contribution in [2.45, 2.75) is 45.1 Å². The number of nitrogens with zero attached hydrogens (tertiary/aromatic N) is 3. The number of nitrogens with one attached hydrogen (secondary N) is 1. The number of aryl methyl sites for hydroxylation is 1. The van der Waals surface area contributed by atoms with E-state index in [-0.39, 0.29) is 23.8 Å². The van der Waals surface area contributed by atoms with E-state index in [9.17, 15) is 9.59 Å². The third-order valence-corrected chi connectivity index (χ3v) is 6.13. The third-order valence-electron chi connectivity index (χ3n) is 5.25. The van der Waals surface area contributed by atoms with E-state index in [0.29, 0.717) is 18.1 Å². The lowest BCUT2D eigenvalue weighted by molar-refractivity contribution is -0.142. The lowest BCUT2D eigenvalue weighted by atomic mass is 9.84. The Morgan fingerprint density at radius 3 is 2.58 bits per heavy atom. The molecule has 1 aromatic carbocycles. The third kappa shape index (κ3) is 3.35. The highest BCUT2D eigenvalue weighted by atomic mass is 32.1. The minimum absolute atomic E-state index is 0.123. The highest BCUT2D eigenvalue weighted by Gasteiger charge is 2.38. The molecule has 2 fully saturated rings. The fourth-order valence-electron chi connectivity index (χ4n) is 3.47. The molecule has 7 heteroatoms. The molecule has 2 amide bonds. The van der Waals surface area contributed by atoms with Gasteiger partial charge in [0.25, 0.3) is 0 Å². The number of likely N-dealkylation sites (tertiary alicyclic amines) is 1. The Morgan fingerprint density at radius 2 is 1.88 bits per heavy atom. The summed E-state index contributed by atoms with van der Waals surface area (Å²) >= 11 is 1.35. The summed E-state index contributed by atoms with van der Waals surface area (Å²) in [6.45, 7) is 2.71. The highest BCUT2D eigenvalue weighted by Crippen LogP contribution is 2.32. The summed E-state index contributed by atoms with van der Waals surface area (Å²) in [5.41, 5.74) is 2.17. The van der Waals surface area contributed by atoms with Crippen LogP contribution >= 0.6 is 11.3 Å². The van der Waals surface area contributed by atoms with Crippen molar-refractivity contribution in [1.82, 2.24) is 15.1 Å². The second-order valence-corrected chi connectivity index (χ2v) is 8.06. The van der Waals surface area contributed by atoms with Gasteiger partial charge in [-0.05, 0) is 32.6 Å². The van der Waals surface area contributed by atoms with Gasteiger partial charge in [0.05, 0.1) is 0 Å². The molecule has 1 aliphatic heterocycles. The molecule has 1 aromatic heterocycles. The van der Waals surface area contributed by atoms with Crippen molar-refractivity contribution >= 4 is 28.3 Å². The van der Waals surface area contributed by atoms with Crippen molar-refractivity contribution in [2.24, 2.45) is 5.92 Å². The van der Waals surface area contributed by atoms with E-state index < -0.39 is 0 Å². The van der Waals surface area contributed by atoms with Gasteiger partial charge in [-0.3, -0.25) is 14.9 Å². The smallest absolute Gasteiger partial charge is 0.249 e. The molecule has 2 aliphatic rings. The molecule has 136 valence electrons. The number of carbonyl (C=O) groups excluding carboxylic acids is 2. The normalized spacial score (nSPS) is 20.0. The zero-order valence-electron chi connectivity index (χ0n) is 14.8. The number of rotatable bonds is 4. The molecule has 1 unspecified atom stereocenters. The largest absolute Gasteiger partial charge is 0.330 e. The lowest BCUT2D eigenvalue weighted by Crippen LogP contribution is -2.46. The second kappa shape index (κ2) is 7.15. The van der Waals surface area contributed by atoms with Crippen LogP contribution in [0, 0.1) is 12.8 Å². The Hall–Kier alpha value is -2.28. The van der Waals surface area contributed by atoms with Crippen molar-refractivity contribution < 1.29 is 9.59 Å². The summed E-state index contributed by atoms with van der Waals surface area (Å²) in [5, 5.41) is 12.4. The molecule has 2 aromatic rings. The van der Waals surface area contributed by atoms with Crippen LogP contribution in [0.1, 0.15) is 37.7 Å². The molecule has 1 saturated carbocycles. The highest BCUT2D eigenvalue weighted by molar-refractivity contribution is 7.18. The molecular weight excluding hydrogens is 348 g/mol.